The fraction of sp³-hybridized carbons (Fsp3) is 0.636. The van der Waals surface area contributed by atoms with Gasteiger partial charge in [-0.25, -0.2) is 9.69 Å². The summed E-state index contributed by atoms with van der Waals surface area (Å²) in [5, 5.41) is 0.958. The van der Waals surface area contributed by atoms with E-state index in [-0.39, 0.29) is 28.4 Å². The number of nitrogens with zero attached hydrogens (tertiary/aromatic N) is 1. The average Bonchev–Trinajstić information content (AvgIpc) is 2.42. The van der Waals surface area contributed by atoms with Crippen molar-refractivity contribution in [1.82, 2.24) is 0 Å². The number of fused-ring (bicyclic) bond motifs is 1. The van der Waals surface area contributed by atoms with Crippen LogP contribution in [-0.4, -0.2) is 22.4 Å². The monoisotopic (exact) mass is 304 g/mol. The molecule has 0 radical (unpaired) electrons. The number of thioether (sulfide) groups is 1. The van der Waals surface area contributed by atoms with Crippen LogP contribution in [-0.2, 0) is 4.79 Å². The quantitative estimate of drug-likeness (QED) is 0.607. The van der Waals surface area contributed by atoms with Crippen molar-refractivity contribution in [3.8, 4) is 0 Å². The lowest BCUT2D eigenvalue weighted by atomic mass is 10.0. The van der Waals surface area contributed by atoms with Gasteiger partial charge in [0.1, 0.15) is 5.54 Å². The van der Waals surface area contributed by atoms with Crippen LogP contribution in [0.4, 0.5) is 0 Å². The number of quaternary nitrogens is 1. The third-order valence-electron chi connectivity index (χ3n) is 3.02. The molecule has 0 aromatic carbocycles. The van der Waals surface area contributed by atoms with Gasteiger partial charge < -0.3 is 17.0 Å². The molecule has 1 saturated heterocycles. The van der Waals surface area contributed by atoms with E-state index in [0.29, 0.717) is 0 Å². The van der Waals surface area contributed by atoms with Gasteiger partial charge in [0.25, 0.3) is 5.17 Å². The third kappa shape index (κ3) is 2.00. The van der Waals surface area contributed by atoms with Crippen LogP contribution in [0, 0.1) is 0 Å². The molecule has 0 bridgehead atoms. The third-order valence-corrected chi connectivity index (χ3v) is 4.46. The molecule has 3 nitrogen and oxygen atoms in total. The fourth-order valence-corrected chi connectivity index (χ4v) is 3.48. The van der Waals surface area contributed by atoms with Crippen LogP contribution in [0.2, 0.25) is 0 Å². The first-order chi connectivity index (χ1) is 6.97. The second kappa shape index (κ2) is 4.63. The van der Waals surface area contributed by atoms with Gasteiger partial charge in [-0.3, -0.25) is 0 Å². The van der Waals surface area contributed by atoms with Gasteiger partial charge in [-0.05, 0) is 39.0 Å². The molecule has 0 saturated carbocycles. The average molecular weight is 305 g/mol. The summed E-state index contributed by atoms with van der Waals surface area (Å²) >= 11 is 1.71. The molecule has 0 aromatic rings. The minimum absolute atomic E-state index is 0. The molecule has 2 aliphatic heterocycles. The van der Waals surface area contributed by atoms with Crippen LogP contribution in [0.25, 0.3) is 0 Å². The maximum atomic E-state index is 12.3. The SMILES string of the molecule is CCC1=C(C)N=C2SCC(C)(C)[NH+]2C1=O.[Br-]. The molecule has 1 amide bonds. The summed E-state index contributed by atoms with van der Waals surface area (Å²) in [4.78, 5) is 17.8. The summed E-state index contributed by atoms with van der Waals surface area (Å²) in [6.07, 6.45) is 0.783. The predicted molar refractivity (Wildman–Crippen MR) is 62.9 cm³/mol. The normalized spacial score (nSPS) is 27.4. The van der Waals surface area contributed by atoms with E-state index in [0.717, 1.165) is 33.5 Å². The molecule has 5 heteroatoms. The molecule has 90 valence electrons. The lowest BCUT2D eigenvalue weighted by Gasteiger charge is -2.27. The van der Waals surface area contributed by atoms with E-state index in [1.54, 1.807) is 11.8 Å². The number of carbonyl (C=O) groups excluding carboxylic acids is 1. The van der Waals surface area contributed by atoms with E-state index in [9.17, 15) is 4.79 Å². The van der Waals surface area contributed by atoms with Gasteiger partial charge in [-0.15, -0.1) is 0 Å². The number of rotatable bonds is 1. The Morgan fingerprint density at radius 3 is 2.69 bits per heavy atom. The second-order valence-electron chi connectivity index (χ2n) is 4.71. The highest BCUT2D eigenvalue weighted by Gasteiger charge is 2.50. The van der Waals surface area contributed by atoms with Crippen molar-refractivity contribution >= 4 is 22.8 Å². The number of hydrogen-bond acceptors (Lipinski definition) is 3. The second-order valence-corrected chi connectivity index (χ2v) is 5.68. The summed E-state index contributed by atoms with van der Waals surface area (Å²) < 4.78 is 0. The van der Waals surface area contributed by atoms with Gasteiger partial charge in [0.05, 0.1) is 17.0 Å². The maximum absolute atomic E-state index is 12.3. The minimum atomic E-state index is -0.0122. The highest BCUT2D eigenvalue weighted by molar-refractivity contribution is 8.13. The largest absolute Gasteiger partial charge is 1.00 e. The molecule has 16 heavy (non-hydrogen) atoms. The summed E-state index contributed by atoms with van der Waals surface area (Å²) in [6.45, 7) is 8.21. The van der Waals surface area contributed by atoms with Gasteiger partial charge >= 0.3 is 5.91 Å². The van der Waals surface area contributed by atoms with Crippen LogP contribution >= 0.6 is 11.8 Å². The summed E-state index contributed by atoms with van der Waals surface area (Å²) in [6, 6.07) is 0. The lowest BCUT2D eigenvalue weighted by molar-refractivity contribution is -0.768. The van der Waals surface area contributed by atoms with E-state index >= 15 is 0 Å². The molecular formula is C11H17BrN2OS. The van der Waals surface area contributed by atoms with Crippen LogP contribution in [0.5, 0.6) is 0 Å². The Kier molecular flexibility index (Phi) is 4.03. The van der Waals surface area contributed by atoms with Crippen LogP contribution in [0.15, 0.2) is 16.3 Å². The van der Waals surface area contributed by atoms with Crippen molar-refractivity contribution in [3.05, 3.63) is 11.3 Å². The number of hydrogen-bond donors (Lipinski definition) is 1. The van der Waals surface area contributed by atoms with Crippen molar-refractivity contribution in [2.45, 2.75) is 39.7 Å². The number of allylic oxidation sites excluding steroid dienone is 1. The maximum Gasteiger partial charge on any atom is 0.349 e. The Balaban J connectivity index is 0.00000128. The van der Waals surface area contributed by atoms with Gasteiger partial charge in [0.2, 0.25) is 0 Å². The van der Waals surface area contributed by atoms with E-state index in [2.05, 4.69) is 18.8 Å². The molecule has 0 aliphatic carbocycles. The number of carbonyl (C=O) groups is 1. The van der Waals surface area contributed by atoms with Crippen LogP contribution in [0.3, 0.4) is 0 Å². The minimum Gasteiger partial charge on any atom is -1.00 e. The summed E-state index contributed by atoms with van der Waals surface area (Å²) in [7, 11) is 0. The van der Waals surface area contributed by atoms with E-state index < -0.39 is 0 Å². The standard InChI is InChI=1S/C11H16N2OS.BrH/c1-5-8-7(2)12-10-13(9(8)14)11(3,4)6-15-10;/h5-6H2,1-4H3;1H. The molecule has 2 heterocycles. The molecule has 0 aromatic heterocycles. The Morgan fingerprint density at radius 2 is 2.12 bits per heavy atom. The highest BCUT2D eigenvalue weighted by Crippen LogP contribution is 2.23. The zero-order valence-electron chi connectivity index (χ0n) is 10.1. The Hall–Kier alpha value is -0.130. The number of amides is 1. The van der Waals surface area contributed by atoms with Crippen molar-refractivity contribution in [2.75, 3.05) is 5.75 Å². The van der Waals surface area contributed by atoms with E-state index in [1.165, 1.54) is 0 Å². The molecule has 1 unspecified atom stereocenters. The Morgan fingerprint density at radius 1 is 1.50 bits per heavy atom. The molecule has 2 rings (SSSR count). The number of nitrogens with one attached hydrogen (secondary N) is 1. The molecule has 1 fully saturated rings. The summed E-state index contributed by atoms with van der Waals surface area (Å²) in [5.41, 5.74) is 1.79. The van der Waals surface area contributed by atoms with Gasteiger partial charge in [0, 0.05) is 0 Å². The van der Waals surface area contributed by atoms with Crippen LogP contribution < -0.4 is 21.9 Å². The van der Waals surface area contributed by atoms with E-state index in [1.807, 2.05) is 13.8 Å². The topological polar surface area (TPSA) is 33.9 Å². The molecular weight excluding hydrogens is 288 g/mol. The van der Waals surface area contributed by atoms with E-state index in [4.69, 9.17) is 0 Å². The highest BCUT2D eigenvalue weighted by atomic mass is 79.9. The zero-order chi connectivity index (χ0) is 11.2. The summed E-state index contributed by atoms with van der Waals surface area (Å²) in [5.74, 6) is 1.20. The first-order valence-electron chi connectivity index (χ1n) is 5.31. The van der Waals surface area contributed by atoms with Crippen molar-refractivity contribution < 1.29 is 26.7 Å². The van der Waals surface area contributed by atoms with Gasteiger partial charge in [-0.2, -0.15) is 4.99 Å². The van der Waals surface area contributed by atoms with Crippen molar-refractivity contribution in [1.29, 1.82) is 0 Å². The number of halogens is 1. The smallest absolute Gasteiger partial charge is 0.349 e. The lowest BCUT2D eigenvalue weighted by Crippen LogP contribution is -3.22. The Labute approximate surface area is 111 Å². The number of aliphatic imine (C=N–C) groups is 1. The number of amidine groups is 1. The molecule has 1 atom stereocenters. The first-order valence-corrected chi connectivity index (χ1v) is 6.29. The van der Waals surface area contributed by atoms with Crippen molar-refractivity contribution in [3.63, 3.8) is 0 Å². The van der Waals surface area contributed by atoms with Crippen LogP contribution in [0.1, 0.15) is 34.1 Å². The Bertz CT molecular complexity index is 387. The molecule has 2 aliphatic rings. The zero-order valence-corrected chi connectivity index (χ0v) is 12.5. The van der Waals surface area contributed by atoms with Crippen molar-refractivity contribution in [2.24, 2.45) is 4.99 Å². The van der Waals surface area contributed by atoms with Gasteiger partial charge in [-0.1, -0.05) is 6.92 Å². The molecule has 0 spiro atoms. The fourth-order valence-electron chi connectivity index (χ4n) is 2.13. The first kappa shape index (κ1) is 13.9. The molecule has 1 N–H and O–H groups in total. The predicted octanol–water partition coefficient (Wildman–Crippen LogP) is -2.02. The van der Waals surface area contributed by atoms with Gasteiger partial charge in [0.15, 0.2) is 0 Å².